The smallest absolute Gasteiger partial charge is 0.410 e. The van der Waals surface area contributed by atoms with Gasteiger partial charge in [-0.2, -0.15) is 0 Å². The zero-order valence-corrected chi connectivity index (χ0v) is 12.8. The SMILES string of the molecule is O=C(OCc1cn(Cc2c(F)cccc2F)nn1)N1CCOCC1. The lowest BCUT2D eigenvalue weighted by Crippen LogP contribution is -2.40. The van der Waals surface area contributed by atoms with Crippen LogP contribution in [-0.2, 0) is 22.6 Å². The van der Waals surface area contributed by atoms with Gasteiger partial charge in [0, 0.05) is 18.7 Å². The van der Waals surface area contributed by atoms with Crippen molar-refractivity contribution in [1.82, 2.24) is 19.9 Å². The van der Waals surface area contributed by atoms with Gasteiger partial charge in [0.2, 0.25) is 0 Å². The van der Waals surface area contributed by atoms with Crippen LogP contribution in [0.5, 0.6) is 0 Å². The van der Waals surface area contributed by atoms with Crippen molar-refractivity contribution < 1.29 is 23.0 Å². The molecule has 1 aromatic carbocycles. The summed E-state index contributed by atoms with van der Waals surface area (Å²) in [5.41, 5.74) is 0.299. The van der Waals surface area contributed by atoms with Crippen LogP contribution in [0.25, 0.3) is 0 Å². The summed E-state index contributed by atoms with van der Waals surface area (Å²) in [6.45, 7) is 1.79. The first-order chi connectivity index (χ1) is 11.6. The molecule has 3 rings (SSSR count). The summed E-state index contributed by atoms with van der Waals surface area (Å²) in [5, 5.41) is 7.63. The Morgan fingerprint density at radius 3 is 2.67 bits per heavy atom. The van der Waals surface area contributed by atoms with Crippen LogP contribution in [0.4, 0.5) is 13.6 Å². The Morgan fingerprint density at radius 2 is 1.96 bits per heavy atom. The number of halogens is 2. The van der Waals surface area contributed by atoms with Crippen LogP contribution in [0, 0.1) is 11.6 Å². The van der Waals surface area contributed by atoms with Crippen molar-refractivity contribution in [3.63, 3.8) is 0 Å². The molecule has 0 aliphatic carbocycles. The molecule has 2 heterocycles. The van der Waals surface area contributed by atoms with Gasteiger partial charge in [-0.05, 0) is 12.1 Å². The Labute approximate surface area is 136 Å². The van der Waals surface area contributed by atoms with E-state index in [-0.39, 0.29) is 18.7 Å². The third-order valence-corrected chi connectivity index (χ3v) is 3.58. The molecule has 1 aliphatic heterocycles. The molecule has 0 N–H and O–H groups in total. The predicted octanol–water partition coefficient (Wildman–Crippen LogP) is 1.57. The number of carbonyl (C=O) groups excluding carboxylic acids is 1. The predicted molar refractivity (Wildman–Crippen MR) is 78.1 cm³/mol. The summed E-state index contributed by atoms with van der Waals surface area (Å²) in [6.07, 6.45) is 1.03. The van der Waals surface area contributed by atoms with Gasteiger partial charge in [0.05, 0.1) is 26.0 Å². The molecule has 0 spiro atoms. The fourth-order valence-electron chi connectivity index (χ4n) is 2.30. The van der Waals surface area contributed by atoms with Crippen LogP contribution in [0.1, 0.15) is 11.3 Å². The van der Waals surface area contributed by atoms with Crippen LogP contribution in [0.2, 0.25) is 0 Å². The number of morpholine rings is 1. The molecule has 1 saturated heterocycles. The van der Waals surface area contributed by atoms with Crippen LogP contribution in [0.3, 0.4) is 0 Å². The van der Waals surface area contributed by atoms with E-state index in [1.54, 1.807) is 4.90 Å². The van der Waals surface area contributed by atoms with Crippen molar-refractivity contribution in [3.05, 3.63) is 47.3 Å². The van der Waals surface area contributed by atoms with Crippen molar-refractivity contribution in [2.24, 2.45) is 0 Å². The number of hydrogen-bond acceptors (Lipinski definition) is 5. The third kappa shape index (κ3) is 3.85. The Bertz CT molecular complexity index is 696. The maximum atomic E-state index is 13.6. The number of aromatic nitrogens is 3. The van der Waals surface area contributed by atoms with Gasteiger partial charge in [0.15, 0.2) is 0 Å². The molecule has 0 bridgehead atoms. The number of ether oxygens (including phenoxy) is 2. The standard InChI is InChI=1S/C15H16F2N4O3/c16-13-2-1-3-14(17)12(13)9-21-8-11(18-19-21)10-24-15(22)20-4-6-23-7-5-20/h1-3,8H,4-7,9-10H2. The zero-order chi connectivity index (χ0) is 16.9. The minimum absolute atomic E-state index is 0.0596. The molecule has 1 fully saturated rings. The van der Waals surface area contributed by atoms with Crippen LogP contribution < -0.4 is 0 Å². The summed E-state index contributed by atoms with van der Waals surface area (Å²) in [7, 11) is 0. The fraction of sp³-hybridized carbons (Fsp3) is 0.400. The highest BCUT2D eigenvalue weighted by Crippen LogP contribution is 2.13. The second-order valence-electron chi connectivity index (χ2n) is 5.26. The molecular weight excluding hydrogens is 322 g/mol. The number of hydrogen-bond donors (Lipinski definition) is 0. The van der Waals surface area contributed by atoms with E-state index >= 15 is 0 Å². The fourth-order valence-corrected chi connectivity index (χ4v) is 2.30. The average molecular weight is 338 g/mol. The van der Waals surface area contributed by atoms with Gasteiger partial charge >= 0.3 is 6.09 Å². The Hall–Kier alpha value is -2.55. The highest BCUT2D eigenvalue weighted by Gasteiger charge is 2.18. The minimum atomic E-state index is -0.647. The largest absolute Gasteiger partial charge is 0.443 e. The maximum Gasteiger partial charge on any atom is 0.410 e. The van der Waals surface area contributed by atoms with Crippen molar-refractivity contribution in [2.75, 3.05) is 26.3 Å². The molecule has 0 unspecified atom stereocenters. The number of carbonyl (C=O) groups is 1. The number of rotatable bonds is 4. The zero-order valence-electron chi connectivity index (χ0n) is 12.8. The first-order valence-electron chi connectivity index (χ1n) is 7.45. The van der Waals surface area contributed by atoms with Gasteiger partial charge in [0.25, 0.3) is 0 Å². The minimum Gasteiger partial charge on any atom is -0.443 e. The van der Waals surface area contributed by atoms with Crippen molar-refractivity contribution in [3.8, 4) is 0 Å². The van der Waals surface area contributed by atoms with Gasteiger partial charge in [-0.25, -0.2) is 18.3 Å². The molecule has 0 atom stereocenters. The maximum absolute atomic E-state index is 13.6. The van der Waals surface area contributed by atoms with E-state index in [1.165, 1.54) is 29.1 Å². The van der Waals surface area contributed by atoms with Crippen molar-refractivity contribution in [2.45, 2.75) is 13.2 Å². The second-order valence-corrected chi connectivity index (χ2v) is 5.26. The van der Waals surface area contributed by atoms with Gasteiger partial charge < -0.3 is 14.4 Å². The van der Waals surface area contributed by atoms with Gasteiger partial charge in [0.1, 0.15) is 23.9 Å². The Balaban J connectivity index is 1.56. The Kier molecular flexibility index (Phi) is 4.99. The van der Waals surface area contributed by atoms with Crippen molar-refractivity contribution >= 4 is 6.09 Å². The molecule has 9 heteroatoms. The molecule has 7 nitrogen and oxygen atoms in total. The van der Waals surface area contributed by atoms with E-state index < -0.39 is 17.7 Å². The van der Waals surface area contributed by atoms with Crippen LogP contribution >= 0.6 is 0 Å². The summed E-state index contributed by atoms with van der Waals surface area (Å²) in [5.74, 6) is -1.29. The van der Waals surface area contributed by atoms with Gasteiger partial charge in [-0.15, -0.1) is 5.10 Å². The van der Waals surface area contributed by atoms with E-state index in [4.69, 9.17) is 9.47 Å². The molecule has 0 saturated carbocycles. The first-order valence-corrected chi connectivity index (χ1v) is 7.45. The van der Waals surface area contributed by atoms with E-state index in [0.29, 0.717) is 32.0 Å². The molecule has 2 aromatic rings. The van der Waals surface area contributed by atoms with E-state index in [1.807, 2.05) is 0 Å². The normalized spacial score (nSPS) is 14.7. The van der Waals surface area contributed by atoms with Crippen molar-refractivity contribution in [1.29, 1.82) is 0 Å². The monoisotopic (exact) mass is 338 g/mol. The highest BCUT2D eigenvalue weighted by atomic mass is 19.1. The van der Waals surface area contributed by atoms with E-state index in [9.17, 15) is 13.6 Å². The van der Waals surface area contributed by atoms with Crippen LogP contribution in [-0.4, -0.2) is 52.3 Å². The number of nitrogens with zero attached hydrogens (tertiary/aromatic N) is 4. The van der Waals surface area contributed by atoms with E-state index in [0.717, 1.165) is 0 Å². The second kappa shape index (κ2) is 7.35. The number of amides is 1. The highest BCUT2D eigenvalue weighted by molar-refractivity contribution is 5.67. The van der Waals surface area contributed by atoms with E-state index in [2.05, 4.69) is 10.3 Å². The summed E-state index contributed by atoms with van der Waals surface area (Å²) in [6, 6.07) is 3.66. The first kappa shape index (κ1) is 16.3. The molecule has 128 valence electrons. The molecule has 0 radical (unpaired) electrons. The summed E-state index contributed by atoms with van der Waals surface area (Å²) >= 11 is 0. The average Bonchev–Trinajstić information content (AvgIpc) is 3.04. The molecular formula is C15H16F2N4O3. The molecule has 1 aromatic heterocycles. The topological polar surface area (TPSA) is 69.5 Å². The lowest BCUT2D eigenvalue weighted by Gasteiger charge is -2.25. The lowest BCUT2D eigenvalue weighted by atomic mass is 10.2. The van der Waals surface area contributed by atoms with Crippen LogP contribution in [0.15, 0.2) is 24.4 Å². The summed E-state index contributed by atoms with van der Waals surface area (Å²) < 4.78 is 38.8. The van der Waals surface area contributed by atoms with Gasteiger partial charge in [-0.1, -0.05) is 11.3 Å². The number of benzene rings is 1. The quantitative estimate of drug-likeness (QED) is 0.846. The Morgan fingerprint density at radius 1 is 1.25 bits per heavy atom. The lowest BCUT2D eigenvalue weighted by molar-refractivity contribution is 0.0246. The molecule has 24 heavy (non-hydrogen) atoms. The molecule has 1 aliphatic rings. The molecule has 1 amide bonds. The van der Waals surface area contributed by atoms with Gasteiger partial charge in [-0.3, -0.25) is 0 Å². The summed E-state index contributed by atoms with van der Waals surface area (Å²) in [4.78, 5) is 13.4. The third-order valence-electron chi connectivity index (χ3n) is 3.58.